The maximum absolute atomic E-state index is 6.58. The average molecular weight is 888 g/mol. The van der Waals surface area contributed by atoms with Crippen LogP contribution >= 0.6 is 22.6 Å². The molecule has 1 aromatic heterocycles. The van der Waals surface area contributed by atoms with Crippen LogP contribution in [0.1, 0.15) is 60.2 Å². The van der Waals surface area contributed by atoms with Gasteiger partial charge in [0.2, 0.25) is 0 Å². The first-order valence-electron chi connectivity index (χ1n) is 21.3. The van der Waals surface area contributed by atoms with Gasteiger partial charge in [-0.05, 0) is 87.7 Å². The smallest absolute Gasteiger partial charge is 0.163 e. The van der Waals surface area contributed by atoms with Crippen molar-refractivity contribution in [2.24, 2.45) is 11.8 Å². The van der Waals surface area contributed by atoms with Crippen LogP contribution in [0.4, 0.5) is 0 Å². The molecule has 0 radical (unpaired) electrons. The number of fused-ring (bicyclic) bond motifs is 11. The highest BCUT2D eigenvalue weighted by atomic mass is 127. The highest BCUT2D eigenvalue weighted by Gasteiger charge is 2.51. The molecule has 3 atom stereocenters. The average Bonchev–Trinajstić information content (AvgIpc) is 3.82. The lowest BCUT2D eigenvalue weighted by Crippen LogP contribution is -2.37. The highest BCUT2D eigenvalue weighted by Crippen LogP contribution is 2.63. The molecule has 3 aliphatic carbocycles. The summed E-state index contributed by atoms with van der Waals surface area (Å²) in [7, 11) is 0. The molecule has 0 saturated heterocycles. The van der Waals surface area contributed by atoms with E-state index in [1.165, 1.54) is 69.3 Å². The van der Waals surface area contributed by atoms with E-state index in [1.54, 1.807) is 0 Å². The van der Waals surface area contributed by atoms with E-state index in [4.69, 9.17) is 19.7 Å². The summed E-state index contributed by atoms with van der Waals surface area (Å²) in [5.74, 6) is 5.78. The van der Waals surface area contributed by atoms with E-state index < -0.39 is 5.41 Å². The first-order chi connectivity index (χ1) is 29.6. The Kier molecular flexibility index (Phi) is 8.45. The topological polar surface area (TPSA) is 47.9 Å². The number of nitrogens with zero attached hydrogens (tertiary/aromatic N) is 3. The largest absolute Gasteiger partial charge is 0.457 e. The lowest BCUT2D eigenvalue weighted by molar-refractivity contribution is 0.229. The Morgan fingerprint density at radius 2 is 0.967 bits per heavy atom. The van der Waals surface area contributed by atoms with Gasteiger partial charge in [-0.1, -0.05) is 193 Å². The molecule has 1 aliphatic heterocycles. The Hall–Kier alpha value is -5.92. The number of ether oxygens (including phenoxy) is 1. The predicted molar refractivity (Wildman–Crippen MR) is 250 cm³/mol. The Morgan fingerprint density at radius 3 is 1.60 bits per heavy atom. The van der Waals surface area contributed by atoms with Crippen LogP contribution in [0, 0.1) is 11.8 Å². The summed E-state index contributed by atoms with van der Waals surface area (Å²) in [6, 6.07) is 61.1. The molecule has 4 aliphatic rings. The lowest BCUT2D eigenvalue weighted by Gasteiger charge is -2.39. The second kappa shape index (κ2) is 14.1. The summed E-state index contributed by atoms with van der Waals surface area (Å²) in [6.07, 6.45) is 6.33. The molecule has 2 heterocycles. The zero-order valence-electron chi connectivity index (χ0n) is 33.2. The molecule has 2 fully saturated rings. The van der Waals surface area contributed by atoms with Crippen molar-refractivity contribution >= 4 is 22.6 Å². The minimum absolute atomic E-state index is 0.0453. The number of aromatic nitrogens is 3. The summed E-state index contributed by atoms with van der Waals surface area (Å²) >= 11 is 2.61. The van der Waals surface area contributed by atoms with Gasteiger partial charge in [-0.25, -0.2) is 15.0 Å². The first kappa shape index (κ1) is 36.0. The quantitative estimate of drug-likeness (QED) is 0.123. The molecule has 0 N–H and O–H groups in total. The monoisotopic (exact) mass is 887 g/mol. The van der Waals surface area contributed by atoms with Gasteiger partial charge in [0, 0.05) is 32.1 Å². The second-order valence-electron chi connectivity index (χ2n) is 17.3. The van der Waals surface area contributed by atoms with Crippen molar-refractivity contribution in [2.45, 2.75) is 42.9 Å². The number of halogens is 1. The highest BCUT2D eigenvalue weighted by molar-refractivity contribution is 14.1. The molecule has 60 heavy (non-hydrogen) atoms. The summed E-state index contributed by atoms with van der Waals surface area (Å²) < 4.78 is 7.59. The third-order valence-corrected chi connectivity index (χ3v) is 15.4. The van der Waals surface area contributed by atoms with Crippen LogP contribution < -0.4 is 4.74 Å². The third kappa shape index (κ3) is 5.51. The fourth-order valence-corrected chi connectivity index (χ4v) is 12.3. The molecule has 4 nitrogen and oxygen atoms in total. The fraction of sp³-hybridized carbons (Fsp3) is 0.182. The van der Waals surface area contributed by atoms with Crippen molar-refractivity contribution in [3.05, 3.63) is 198 Å². The standard InChI is InChI=1S/C55H42IN3O/c56-34-54(32-35-21-22-36(31-35)33-54)53-58-51(40-27-23-38(24-28-40)37-11-2-1-3-12-37)57-52(59-53)41-29-25-39(26-30-41)42-14-10-18-47-50(42)43-13-4-5-15-44(43)55(47)45-16-6-8-19-48(45)60-49-20-9-7-17-46(49)55/h1-20,23-30,35-36H,21-22,31-34H2/t35-,36?,54?/m1/s1. The van der Waals surface area contributed by atoms with Crippen molar-refractivity contribution in [3.63, 3.8) is 0 Å². The molecular weight excluding hydrogens is 846 g/mol. The number of para-hydroxylation sites is 2. The second-order valence-corrected chi connectivity index (χ2v) is 18.1. The normalized spacial score (nSPS) is 20.1. The Bertz CT molecular complexity index is 2880. The van der Waals surface area contributed by atoms with Gasteiger partial charge in [-0.15, -0.1) is 0 Å². The maximum atomic E-state index is 6.58. The van der Waals surface area contributed by atoms with E-state index in [-0.39, 0.29) is 5.41 Å². The Balaban J connectivity index is 0.983. The molecule has 12 rings (SSSR count). The zero-order chi connectivity index (χ0) is 39.8. The molecule has 1 spiro atoms. The Morgan fingerprint density at radius 1 is 0.467 bits per heavy atom. The number of hydrogen-bond donors (Lipinski definition) is 0. The molecule has 5 heteroatoms. The van der Waals surface area contributed by atoms with Crippen LogP contribution in [-0.2, 0) is 10.8 Å². The van der Waals surface area contributed by atoms with Crippen molar-refractivity contribution in [3.8, 4) is 67.7 Å². The van der Waals surface area contributed by atoms with Crippen molar-refractivity contribution in [1.29, 1.82) is 0 Å². The summed E-state index contributed by atoms with van der Waals surface area (Å²) in [5, 5.41) is 0. The number of alkyl halides is 1. The van der Waals surface area contributed by atoms with Crippen LogP contribution in [0.15, 0.2) is 170 Å². The SMILES string of the molecule is ICC1(c2nc(-c3ccc(-c4ccccc4)cc3)nc(-c3ccc(-c4cccc5c4-c4ccccc4C54c5ccccc5Oc5ccccc54)cc3)n2)CC2CC[C@H](C2)C1. The molecule has 2 saturated carbocycles. The van der Waals surface area contributed by atoms with E-state index in [0.717, 1.165) is 74.8 Å². The van der Waals surface area contributed by atoms with Crippen molar-refractivity contribution in [1.82, 2.24) is 15.0 Å². The van der Waals surface area contributed by atoms with Crippen LogP contribution in [0.5, 0.6) is 11.5 Å². The number of rotatable bonds is 6. The Labute approximate surface area is 364 Å². The van der Waals surface area contributed by atoms with E-state index in [9.17, 15) is 0 Å². The molecule has 8 aromatic rings. The first-order valence-corrected chi connectivity index (χ1v) is 22.8. The van der Waals surface area contributed by atoms with E-state index in [2.05, 4.69) is 192 Å². The molecule has 2 bridgehead atoms. The van der Waals surface area contributed by atoms with Gasteiger partial charge in [0.15, 0.2) is 11.6 Å². The van der Waals surface area contributed by atoms with Gasteiger partial charge in [0.05, 0.1) is 5.41 Å². The fourth-order valence-electron chi connectivity index (χ4n) is 11.3. The third-order valence-electron chi connectivity index (χ3n) is 13.9. The summed E-state index contributed by atoms with van der Waals surface area (Å²) in [4.78, 5) is 16.0. The van der Waals surface area contributed by atoms with Crippen LogP contribution in [-0.4, -0.2) is 19.4 Å². The maximum Gasteiger partial charge on any atom is 0.163 e. The van der Waals surface area contributed by atoms with E-state index in [0.29, 0.717) is 0 Å². The lowest BCUT2D eigenvalue weighted by atomic mass is 9.66. The van der Waals surface area contributed by atoms with Crippen molar-refractivity contribution < 1.29 is 4.74 Å². The van der Waals surface area contributed by atoms with E-state index >= 15 is 0 Å². The summed E-state index contributed by atoms with van der Waals surface area (Å²) in [6.45, 7) is 0. The van der Waals surface area contributed by atoms with Gasteiger partial charge >= 0.3 is 0 Å². The van der Waals surface area contributed by atoms with Gasteiger partial charge in [0.25, 0.3) is 0 Å². The molecular formula is C55H42IN3O. The molecule has 2 unspecified atom stereocenters. The number of hydrogen-bond acceptors (Lipinski definition) is 4. The van der Waals surface area contributed by atoms with Gasteiger partial charge in [-0.3, -0.25) is 0 Å². The van der Waals surface area contributed by atoms with Crippen LogP contribution in [0.25, 0.3) is 56.2 Å². The molecule has 0 amide bonds. The molecule has 290 valence electrons. The number of benzene rings is 7. The zero-order valence-corrected chi connectivity index (χ0v) is 35.3. The van der Waals surface area contributed by atoms with Gasteiger partial charge in [0.1, 0.15) is 17.3 Å². The van der Waals surface area contributed by atoms with E-state index in [1.807, 2.05) is 0 Å². The molecule has 7 aromatic carbocycles. The minimum Gasteiger partial charge on any atom is -0.457 e. The predicted octanol–water partition coefficient (Wildman–Crippen LogP) is 13.9. The van der Waals surface area contributed by atoms with Crippen LogP contribution in [0.3, 0.4) is 0 Å². The minimum atomic E-state index is -0.502. The van der Waals surface area contributed by atoms with Crippen molar-refractivity contribution in [2.75, 3.05) is 4.43 Å². The van der Waals surface area contributed by atoms with Crippen LogP contribution in [0.2, 0.25) is 0 Å². The summed E-state index contributed by atoms with van der Waals surface area (Å²) in [5.41, 5.74) is 13.7. The van der Waals surface area contributed by atoms with Gasteiger partial charge < -0.3 is 4.74 Å². The van der Waals surface area contributed by atoms with Gasteiger partial charge in [-0.2, -0.15) is 0 Å².